The summed E-state index contributed by atoms with van der Waals surface area (Å²) in [7, 11) is 0. The summed E-state index contributed by atoms with van der Waals surface area (Å²) in [4.78, 5) is 19.8. The molecule has 2 aliphatic rings. The van der Waals surface area contributed by atoms with Gasteiger partial charge >= 0.3 is 0 Å². The first-order chi connectivity index (χ1) is 15.1. The number of fused-ring (bicyclic) bond motifs is 1. The van der Waals surface area contributed by atoms with Gasteiger partial charge in [-0.3, -0.25) is 4.79 Å². The molecule has 1 amide bonds. The van der Waals surface area contributed by atoms with Crippen LogP contribution in [-0.4, -0.2) is 36.6 Å². The number of anilines is 2. The minimum Gasteiger partial charge on any atom is -0.355 e. The number of nitrogens with zero attached hydrogens (tertiary/aromatic N) is 3. The van der Waals surface area contributed by atoms with Crippen molar-refractivity contribution in [2.45, 2.75) is 57.4 Å². The number of hydrogen-bond donors (Lipinski definition) is 2. The zero-order chi connectivity index (χ0) is 21.6. The average Bonchev–Trinajstić information content (AvgIpc) is 3.25. The van der Waals surface area contributed by atoms with Gasteiger partial charge in [0.25, 0.3) is 0 Å². The topological polar surface area (TPSA) is 81.0 Å². The molecule has 1 aromatic carbocycles. The van der Waals surface area contributed by atoms with E-state index in [-0.39, 0.29) is 5.91 Å². The standard InChI is InChI=1S/C24H30ClN5O/c25-20-8-9-21-19(24(20)29-23(31)15-17-5-2-1-3-6-17)7-10-22(28-21)30-14-11-18(16-30)27-13-4-12-26/h7-10,17-18,27H,1-6,11,13-16H2,(H,29,31)/t18-/m0/s1. The van der Waals surface area contributed by atoms with Crippen molar-refractivity contribution in [1.82, 2.24) is 10.3 Å². The fourth-order valence-corrected chi connectivity index (χ4v) is 4.99. The maximum absolute atomic E-state index is 12.7. The van der Waals surface area contributed by atoms with Gasteiger partial charge in [0.15, 0.2) is 0 Å². The summed E-state index contributed by atoms with van der Waals surface area (Å²) in [5.74, 6) is 1.45. The third kappa shape index (κ3) is 5.47. The van der Waals surface area contributed by atoms with Gasteiger partial charge in [0.05, 0.1) is 22.3 Å². The first-order valence-electron chi connectivity index (χ1n) is 11.4. The number of carbonyl (C=O) groups excluding carboxylic acids is 1. The molecule has 2 fully saturated rings. The van der Waals surface area contributed by atoms with Crippen molar-refractivity contribution in [3.8, 4) is 6.07 Å². The second kappa shape index (κ2) is 10.3. The highest BCUT2D eigenvalue weighted by Crippen LogP contribution is 2.33. The van der Waals surface area contributed by atoms with Gasteiger partial charge in [0.2, 0.25) is 5.91 Å². The smallest absolute Gasteiger partial charge is 0.224 e. The van der Waals surface area contributed by atoms with Crippen molar-refractivity contribution in [3.05, 3.63) is 29.3 Å². The molecule has 7 heteroatoms. The van der Waals surface area contributed by atoms with Crippen LogP contribution in [0.25, 0.3) is 10.9 Å². The van der Waals surface area contributed by atoms with Gasteiger partial charge in [-0.25, -0.2) is 4.98 Å². The Kier molecular flexibility index (Phi) is 7.26. The lowest BCUT2D eigenvalue weighted by atomic mass is 9.87. The average molecular weight is 440 g/mol. The van der Waals surface area contributed by atoms with Crippen LogP contribution in [0.5, 0.6) is 0 Å². The molecule has 0 bridgehead atoms. The number of hydrogen-bond acceptors (Lipinski definition) is 5. The fraction of sp³-hybridized carbons (Fsp3) is 0.542. The normalized spacial score (nSPS) is 19.5. The van der Waals surface area contributed by atoms with E-state index in [0.29, 0.717) is 35.5 Å². The molecule has 1 saturated carbocycles. The minimum atomic E-state index is 0.0382. The van der Waals surface area contributed by atoms with Crippen LogP contribution in [0.4, 0.5) is 11.5 Å². The molecule has 0 unspecified atom stereocenters. The Balaban J connectivity index is 1.45. The molecule has 4 rings (SSSR count). The zero-order valence-electron chi connectivity index (χ0n) is 17.9. The second-order valence-corrected chi connectivity index (χ2v) is 9.12. The molecule has 1 aliphatic heterocycles. The number of aromatic nitrogens is 1. The van der Waals surface area contributed by atoms with Gasteiger partial charge in [-0.05, 0) is 49.4 Å². The summed E-state index contributed by atoms with van der Waals surface area (Å²) in [5, 5.41) is 16.6. The van der Waals surface area contributed by atoms with Crippen LogP contribution < -0.4 is 15.5 Å². The Morgan fingerprint density at radius 1 is 1.19 bits per heavy atom. The van der Waals surface area contributed by atoms with Gasteiger partial charge in [-0.2, -0.15) is 5.26 Å². The Morgan fingerprint density at radius 3 is 2.84 bits per heavy atom. The van der Waals surface area contributed by atoms with Gasteiger partial charge in [0, 0.05) is 43.9 Å². The highest BCUT2D eigenvalue weighted by molar-refractivity contribution is 6.35. The Hall–Kier alpha value is -2.36. The molecule has 1 saturated heterocycles. The molecule has 0 spiro atoms. The van der Waals surface area contributed by atoms with Crippen molar-refractivity contribution in [1.29, 1.82) is 5.26 Å². The molecular formula is C24H30ClN5O. The number of carbonyl (C=O) groups is 1. The van der Waals surface area contributed by atoms with E-state index in [1.165, 1.54) is 19.3 Å². The third-order valence-electron chi connectivity index (χ3n) is 6.45. The molecule has 1 aliphatic carbocycles. The molecule has 164 valence electrons. The summed E-state index contributed by atoms with van der Waals surface area (Å²) >= 11 is 6.45. The summed E-state index contributed by atoms with van der Waals surface area (Å²) in [6, 6.07) is 10.3. The number of amides is 1. The van der Waals surface area contributed by atoms with Crippen LogP contribution in [0, 0.1) is 17.2 Å². The lowest BCUT2D eigenvalue weighted by molar-refractivity contribution is -0.117. The lowest BCUT2D eigenvalue weighted by Crippen LogP contribution is -2.33. The van der Waals surface area contributed by atoms with Crippen molar-refractivity contribution in [2.75, 3.05) is 29.9 Å². The molecular weight excluding hydrogens is 410 g/mol. The molecule has 2 heterocycles. The van der Waals surface area contributed by atoms with E-state index in [9.17, 15) is 4.79 Å². The van der Waals surface area contributed by atoms with E-state index in [2.05, 4.69) is 21.6 Å². The SMILES string of the molecule is N#CCCN[C@H]1CCN(c2ccc3c(NC(=O)CC4CCCCC4)c(Cl)ccc3n2)C1. The minimum absolute atomic E-state index is 0.0382. The number of benzene rings is 1. The van der Waals surface area contributed by atoms with E-state index in [0.717, 1.165) is 55.6 Å². The molecule has 2 N–H and O–H groups in total. The quantitative estimate of drug-likeness (QED) is 0.601. The van der Waals surface area contributed by atoms with Crippen molar-refractivity contribution >= 4 is 39.9 Å². The molecule has 31 heavy (non-hydrogen) atoms. The van der Waals surface area contributed by atoms with Crippen LogP contribution in [0.1, 0.15) is 51.4 Å². The van der Waals surface area contributed by atoms with Crippen LogP contribution in [-0.2, 0) is 4.79 Å². The Labute approximate surface area is 189 Å². The van der Waals surface area contributed by atoms with Crippen LogP contribution in [0.3, 0.4) is 0 Å². The molecule has 0 radical (unpaired) electrons. The number of nitriles is 1. The summed E-state index contributed by atoms with van der Waals surface area (Å²) < 4.78 is 0. The van der Waals surface area contributed by atoms with Crippen LogP contribution in [0.15, 0.2) is 24.3 Å². The van der Waals surface area contributed by atoms with Gasteiger partial charge in [-0.1, -0.05) is 30.9 Å². The third-order valence-corrected chi connectivity index (χ3v) is 6.77. The number of nitrogens with one attached hydrogen (secondary N) is 2. The van der Waals surface area contributed by atoms with E-state index in [4.69, 9.17) is 21.8 Å². The van der Waals surface area contributed by atoms with Crippen LogP contribution >= 0.6 is 11.6 Å². The first-order valence-corrected chi connectivity index (χ1v) is 11.8. The highest BCUT2D eigenvalue weighted by atomic mass is 35.5. The fourth-order valence-electron chi connectivity index (χ4n) is 4.78. The summed E-state index contributed by atoms with van der Waals surface area (Å²) in [5.41, 5.74) is 1.49. The van der Waals surface area contributed by atoms with E-state index >= 15 is 0 Å². The maximum Gasteiger partial charge on any atom is 0.224 e. The summed E-state index contributed by atoms with van der Waals surface area (Å²) in [6.45, 7) is 2.53. The maximum atomic E-state index is 12.7. The number of rotatable bonds is 7. The van der Waals surface area contributed by atoms with Crippen molar-refractivity contribution in [3.63, 3.8) is 0 Å². The molecule has 1 aromatic heterocycles. The molecule has 2 aromatic rings. The Morgan fingerprint density at radius 2 is 2.03 bits per heavy atom. The predicted molar refractivity (Wildman–Crippen MR) is 125 cm³/mol. The first kappa shape index (κ1) is 21.9. The van der Waals surface area contributed by atoms with Crippen LogP contribution in [0.2, 0.25) is 5.02 Å². The monoisotopic (exact) mass is 439 g/mol. The summed E-state index contributed by atoms with van der Waals surface area (Å²) in [6.07, 6.45) is 8.15. The molecule has 1 atom stereocenters. The van der Waals surface area contributed by atoms with Gasteiger partial charge in [-0.15, -0.1) is 0 Å². The van der Waals surface area contributed by atoms with Gasteiger partial charge < -0.3 is 15.5 Å². The lowest BCUT2D eigenvalue weighted by Gasteiger charge is -2.21. The number of pyridine rings is 1. The van der Waals surface area contributed by atoms with E-state index in [1.54, 1.807) is 0 Å². The Bertz CT molecular complexity index is 966. The molecule has 6 nitrogen and oxygen atoms in total. The largest absolute Gasteiger partial charge is 0.355 e. The zero-order valence-corrected chi connectivity index (χ0v) is 18.6. The predicted octanol–water partition coefficient (Wildman–Crippen LogP) is 4.88. The highest BCUT2D eigenvalue weighted by Gasteiger charge is 2.24. The van der Waals surface area contributed by atoms with Crippen molar-refractivity contribution < 1.29 is 4.79 Å². The van der Waals surface area contributed by atoms with Gasteiger partial charge in [0.1, 0.15) is 5.82 Å². The van der Waals surface area contributed by atoms with Crippen molar-refractivity contribution in [2.24, 2.45) is 5.92 Å². The van der Waals surface area contributed by atoms with E-state index in [1.807, 2.05) is 24.3 Å². The number of halogens is 1. The second-order valence-electron chi connectivity index (χ2n) is 8.71. The van der Waals surface area contributed by atoms with E-state index < -0.39 is 0 Å².